The van der Waals surface area contributed by atoms with Crippen LogP contribution in [-0.2, 0) is 20.2 Å². The highest BCUT2D eigenvalue weighted by atomic mass is 32.2. The van der Waals surface area contributed by atoms with Crippen molar-refractivity contribution in [1.29, 1.82) is 0 Å². The van der Waals surface area contributed by atoms with Gasteiger partial charge in [0.1, 0.15) is 21.3 Å². The lowest BCUT2D eigenvalue weighted by molar-refractivity contribution is 0.332. The van der Waals surface area contributed by atoms with Crippen LogP contribution < -0.4 is 4.74 Å². The van der Waals surface area contributed by atoms with Crippen LogP contribution in [0.3, 0.4) is 0 Å². The highest BCUT2D eigenvalue weighted by Crippen LogP contribution is 2.36. The zero-order chi connectivity index (χ0) is 25.0. The summed E-state index contributed by atoms with van der Waals surface area (Å²) in [5.41, 5.74) is 0.469. The summed E-state index contributed by atoms with van der Waals surface area (Å²) in [5.74, 6) is 1.27. The molecular formula is C24H34O7S2. The first-order valence-electron chi connectivity index (χ1n) is 11.0. The zero-order valence-corrected chi connectivity index (χ0v) is 21.4. The van der Waals surface area contributed by atoms with E-state index in [-0.39, 0.29) is 22.3 Å². The van der Waals surface area contributed by atoms with Gasteiger partial charge in [-0.05, 0) is 66.7 Å². The highest BCUT2D eigenvalue weighted by molar-refractivity contribution is 7.86. The average Bonchev–Trinajstić information content (AvgIpc) is 2.65. The zero-order valence-electron chi connectivity index (χ0n) is 19.7. The molecule has 9 heteroatoms. The Morgan fingerprint density at radius 3 is 1.91 bits per heavy atom. The molecule has 3 atom stereocenters. The minimum atomic E-state index is -4.55. The van der Waals surface area contributed by atoms with Crippen molar-refractivity contribution in [2.75, 3.05) is 0 Å². The van der Waals surface area contributed by atoms with Crippen molar-refractivity contribution < 1.29 is 30.7 Å². The normalized spacial score (nSPS) is 15.3. The third kappa shape index (κ3) is 8.10. The quantitative estimate of drug-likeness (QED) is 0.355. The van der Waals surface area contributed by atoms with Gasteiger partial charge >= 0.3 is 0 Å². The molecule has 2 aromatic carbocycles. The first-order valence-corrected chi connectivity index (χ1v) is 13.9. The van der Waals surface area contributed by atoms with E-state index in [0.717, 1.165) is 19.3 Å². The third-order valence-electron chi connectivity index (χ3n) is 5.58. The Kier molecular flexibility index (Phi) is 9.09. The van der Waals surface area contributed by atoms with Crippen LogP contribution in [0.25, 0.3) is 0 Å². The standard InChI is InChI=1S/C24H34O7S2/c1-16(2)12-17(3)13-18(4)14-19(5)21-11-10-20(15-24(21)33(28,29)30)31-22-8-6-7-9-23(22)32(25,26)27/h6-11,15-19H,12-14H2,1-5H3,(H,25,26,27)(H,28,29,30). The summed E-state index contributed by atoms with van der Waals surface area (Å²) in [7, 11) is -9.09. The van der Waals surface area contributed by atoms with Crippen molar-refractivity contribution in [1.82, 2.24) is 0 Å². The van der Waals surface area contributed by atoms with E-state index in [1.165, 1.54) is 36.4 Å². The lowest BCUT2D eigenvalue weighted by Crippen LogP contribution is -2.11. The minimum absolute atomic E-state index is 0.0216. The van der Waals surface area contributed by atoms with E-state index < -0.39 is 25.1 Å². The third-order valence-corrected chi connectivity index (χ3v) is 7.39. The molecule has 0 heterocycles. The van der Waals surface area contributed by atoms with Gasteiger partial charge in [0, 0.05) is 6.07 Å². The van der Waals surface area contributed by atoms with E-state index >= 15 is 0 Å². The smallest absolute Gasteiger partial charge is 0.298 e. The summed E-state index contributed by atoms with van der Waals surface area (Å²) >= 11 is 0. The van der Waals surface area contributed by atoms with Gasteiger partial charge < -0.3 is 4.74 Å². The van der Waals surface area contributed by atoms with E-state index in [0.29, 0.717) is 23.3 Å². The lowest BCUT2D eigenvalue weighted by atomic mass is 9.84. The van der Waals surface area contributed by atoms with Gasteiger partial charge in [0.2, 0.25) is 0 Å². The number of rotatable bonds is 11. The average molecular weight is 499 g/mol. The summed E-state index contributed by atoms with van der Waals surface area (Å²) in [6.45, 7) is 10.7. The molecule has 2 aromatic rings. The number of para-hydroxylation sites is 1. The molecule has 0 aliphatic rings. The van der Waals surface area contributed by atoms with Crippen LogP contribution in [0.1, 0.15) is 65.4 Å². The van der Waals surface area contributed by atoms with Gasteiger partial charge in [-0.3, -0.25) is 9.11 Å². The molecule has 3 unspecified atom stereocenters. The van der Waals surface area contributed by atoms with E-state index in [1.807, 2.05) is 6.92 Å². The van der Waals surface area contributed by atoms with Crippen molar-refractivity contribution in [3.63, 3.8) is 0 Å². The Labute approximate surface area is 197 Å². The molecular weight excluding hydrogens is 464 g/mol. The Morgan fingerprint density at radius 2 is 1.33 bits per heavy atom. The Bertz CT molecular complexity index is 1160. The molecule has 2 N–H and O–H groups in total. The predicted octanol–water partition coefficient (Wildman–Crippen LogP) is 6.17. The van der Waals surface area contributed by atoms with Gasteiger partial charge in [-0.1, -0.05) is 52.8 Å². The summed E-state index contributed by atoms with van der Waals surface area (Å²) in [5, 5.41) is 0. The molecule has 0 saturated heterocycles. The minimum Gasteiger partial charge on any atom is -0.456 e. The molecule has 0 aliphatic carbocycles. The van der Waals surface area contributed by atoms with E-state index in [4.69, 9.17) is 4.74 Å². The maximum absolute atomic E-state index is 12.1. The van der Waals surface area contributed by atoms with Crippen molar-refractivity contribution >= 4 is 20.2 Å². The van der Waals surface area contributed by atoms with Crippen molar-refractivity contribution in [2.45, 2.75) is 69.6 Å². The van der Waals surface area contributed by atoms with E-state index in [1.54, 1.807) is 6.07 Å². The van der Waals surface area contributed by atoms with Gasteiger partial charge in [0.05, 0.1) is 0 Å². The van der Waals surface area contributed by atoms with E-state index in [9.17, 15) is 25.9 Å². The molecule has 0 saturated carbocycles. The second-order valence-corrected chi connectivity index (χ2v) is 12.2. The molecule has 0 aliphatic heterocycles. The molecule has 0 fully saturated rings. The molecule has 33 heavy (non-hydrogen) atoms. The predicted molar refractivity (Wildman–Crippen MR) is 128 cm³/mol. The fourth-order valence-electron chi connectivity index (χ4n) is 4.50. The van der Waals surface area contributed by atoms with Crippen LogP contribution in [0, 0.1) is 17.8 Å². The van der Waals surface area contributed by atoms with Crippen LogP contribution in [-0.4, -0.2) is 25.9 Å². The maximum atomic E-state index is 12.1. The SMILES string of the molecule is CC(C)CC(C)CC(C)CC(C)c1ccc(Oc2ccccc2S(=O)(=O)O)cc1S(=O)(=O)O. The molecule has 0 spiro atoms. The second kappa shape index (κ2) is 11.0. The van der Waals surface area contributed by atoms with Crippen LogP contribution in [0.2, 0.25) is 0 Å². The van der Waals surface area contributed by atoms with Crippen molar-refractivity contribution in [3.05, 3.63) is 48.0 Å². The van der Waals surface area contributed by atoms with Gasteiger partial charge in [-0.25, -0.2) is 0 Å². The van der Waals surface area contributed by atoms with Crippen molar-refractivity contribution in [2.24, 2.45) is 17.8 Å². The highest BCUT2D eigenvalue weighted by Gasteiger charge is 2.24. The maximum Gasteiger partial charge on any atom is 0.298 e. The molecule has 7 nitrogen and oxygen atoms in total. The molecule has 0 amide bonds. The Morgan fingerprint density at radius 1 is 0.758 bits per heavy atom. The van der Waals surface area contributed by atoms with Crippen LogP contribution in [0.5, 0.6) is 11.5 Å². The van der Waals surface area contributed by atoms with Crippen molar-refractivity contribution in [3.8, 4) is 11.5 Å². The molecule has 0 radical (unpaired) electrons. The van der Waals surface area contributed by atoms with Gasteiger partial charge in [-0.2, -0.15) is 16.8 Å². The van der Waals surface area contributed by atoms with Crippen LogP contribution in [0.15, 0.2) is 52.3 Å². The second-order valence-electron chi connectivity index (χ2n) is 9.41. The number of benzene rings is 2. The largest absolute Gasteiger partial charge is 0.456 e. The Balaban J connectivity index is 2.31. The van der Waals surface area contributed by atoms with Crippen LogP contribution in [0.4, 0.5) is 0 Å². The number of ether oxygens (including phenoxy) is 1. The fourth-order valence-corrected chi connectivity index (χ4v) is 5.94. The van der Waals surface area contributed by atoms with Gasteiger partial charge in [-0.15, -0.1) is 0 Å². The molecule has 2 rings (SSSR count). The molecule has 0 aromatic heterocycles. The first kappa shape index (κ1) is 27.3. The lowest BCUT2D eigenvalue weighted by Gasteiger charge is -2.23. The fraction of sp³-hybridized carbons (Fsp3) is 0.500. The number of hydrogen-bond acceptors (Lipinski definition) is 5. The van der Waals surface area contributed by atoms with Crippen LogP contribution >= 0.6 is 0 Å². The summed E-state index contributed by atoms with van der Waals surface area (Å²) < 4.78 is 72.3. The summed E-state index contributed by atoms with van der Waals surface area (Å²) in [6.07, 6.45) is 2.90. The monoisotopic (exact) mass is 498 g/mol. The Hall–Kier alpha value is -1.94. The molecule has 184 valence electrons. The molecule has 0 bridgehead atoms. The topological polar surface area (TPSA) is 118 Å². The summed E-state index contributed by atoms with van der Waals surface area (Å²) in [6, 6.07) is 9.73. The van der Waals surface area contributed by atoms with E-state index in [2.05, 4.69) is 27.7 Å². The number of hydrogen-bond donors (Lipinski definition) is 2. The van der Waals surface area contributed by atoms with Gasteiger partial charge in [0.15, 0.2) is 0 Å². The first-order chi connectivity index (χ1) is 15.2. The summed E-state index contributed by atoms with van der Waals surface area (Å²) in [4.78, 5) is -0.723. The van der Waals surface area contributed by atoms with Gasteiger partial charge in [0.25, 0.3) is 20.2 Å².